The first-order valence-corrected chi connectivity index (χ1v) is 9.33. The van der Waals surface area contributed by atoms with Gasteiger partial charge in [-0.2, -0.15) is 0 Å². The summed E-state index contributed by atoms with van der Waals surface area (Å²) in [5.74, 6) is 0.323. The maximum Gasteiger partial charge on any atom is 0.289 e. The average Bonchev–Trinajstić information content (AvgIpc) is 3.21. The lowest BCUT2D eigenvalue weighted by molar-refractivity contribution is -0.137. The van der Waals surface area contributed by atoms with E-state index >= 15 is 0 Å². The van der Waals surface area contributed by atoms with E-state index in [0.717, 1.165) is 5.56 Å². The molecule has 0 N–H and O–H groups in total. The van der Waals surface area contributed by atoms with Gasteiger partial charge in [0.1, 0.15) is 0 Å². The summed E-state index contributed by atoms with van der Waals surface area (Å²) in [7, 11) is 0. The molecule has 6 heteroatoms. The van der Waals surface area contributed by atoms with Crippen LogP contribution in [0.15, 0.2) is 47.1 Å². The van der Waals surface area contributed by atoms with E-state index < -0.39 is 0 Å². The van der Waals surface area contributed by atoms with Gasteiger partial charge in [0.25, 0.3) is 5.91 Å². The Morgan fingerprint density at radius 3 is 2.54 bits per heavy atom. The normalized spacial score (nSPS) is 15.1. The molecular formula is C20H23ClN2O3. The molecule has 0 spiro atoms. The third kappa shape index (κ3) is 4.10. The molecule has 1 aromatic carbocycles. The van der Waals surface area contributed by atoms with Crippen LogP contribution in [-0.4, -0.2) is 41.2 Å². The predicted molar refractivity (Wildman–Crippen MR) is 99.9 cm³/mol. The third-order valence-electron chi connectivity index (χ3n) is 4.88. The molecule has 1 aliphatic rings. The van der Waals surface area contributed by atoms with Crippen LogP contribution < -0.4 is 0 Å². The fourth-order valence-corrected chi connectivity index (χ4v) is 3.52. The van der Waals surface area contributed by atoms with Crippen LogP contribution in [0.4, 0.5) is 0 Å². The molecule has 1 aromatic heterocycles. The van der Waals surface area contributed by atoms with E-state index in [1.807, 2.05) is 36.1 Å². The number of benzene rings is 1. The number of halogens is 1. The van der Waals surface area contributed by atoms with Gasteiger partial charge >= 0.3 is 0 Å². The van der Waals surface area contributed by atoms with E-state index in [4.69, 9.17) is 16.0 Å². The number of carbonyl (C=O) groups is 2. The Hall–Kier alpha value is -2.27. The van der Waals surface area contributed by atoms with E-state index in [2.05, 4.69) is 0 Å². The zero-order chi connectivity index (χ0) is 18.5. The highest BCUT2D eigenvalue weighted by Crippen LogP contribution is 2.23. The van der Waals surface area contributed by atoms with Gasteiger partial charge in [-0.25, -0.2) is 0 Å². The van der Waals surface area contributed by atoms with E-state index in [0.29, 0.717) is 49.8 Å². The van der Waals surface area contributed by atoms with Crippen LogP contribution in [0.1, 0.15) is 35.9 Å². The number of hydrogen-bond donors (Lipinski definition) is 0. The third-order valence-corrected chi connectivity index (χ3v) is 5.24. The van der Waals surface area contributed by atoms with Crippen LogP contribution >= 0.6 is 11.6 Å². The summed E-state index contributed by atoms with van der Waals surface area (Å²) in [5, 5.41) is 0.678. The summed E-state index contributed by atoms with van der Waals surface area (Å²) in [6.07, 6.45) is 2.84. The SMILES string of the molecule is CCN(Cc1ccccc1Cl)C(=O)C1CCN(C(=O)c2ccco2)CC1. The van der Waals surface area contributed by atoms with Crippen molar-refractivity contribution in [1.82, 2.24) is 9.80 Å². The Labute approximate surface area is 158 Å². The predicted octanol–water partition coefficient (Wildman–Crippen LogP) is 3.83. The van der Waals surface area contributed by atoms with E-state index in [9.17, 15) is 9.59 Å². The van der Waals surface area contributed by atoms with E-state index in [1.54, 1.807) is 17.0 Å². The number of furan rings is 1. The van der Waals surface area contributed by atoms with Crippen LogP contribution in [-0.2, 0) is 11.3 Å². The van der Waals surface area contributed by atoms with Gasteiger partial charge in [-0.05, 0) is 43.5 Å². The zero-order valence-electron chi connectivity index (χ0n) is 14.9. The highest BCUT2D eigenvalue weighted by molar-refractivity contribution is 6.31. The van der Waals surface area contributed by atoms with Crippen molar-refractivity contribution >= 4 is 23.4 Å². The van der Waals surface area contributed by atoms with Crippen molar-refractivity contribution in [2.24, 2.45) is 5.92 Å². The molecule has 26 heavy (non-hydrogen) atoms. The molecule has 0 saturated carbocycles. The second-order valence-corrected chi connectivity index (χ2v) is 6.89. The van der Waals surface area contributed by atoms with Crippen LogP contribution in [0.2, 0.25) is 5.02 Å². The minimum Gasteiger partial charge on any atom is -0.459 e. The Kier molecular flexibility index (Phi) is 5.99. The number of nitrogens with zero attached hydrogens (tertiary/aromatic N) is 2. The van der Waals surface area contributed by atoms with Gasteiger partial charge in [0.05, 0.1) is 6.26 Å². The van der Waals surface area contributed by atoms with Gasteiger partial charge in [-0.1, -0.05) is 29.8 Å². The molecule has 1 fully saturated rings. The first-order valence-electron chi connectivity index (χ1n) is 8.95. The topological polar surface area (TPSA) is 53.8 Å². The van der Waals surface area contributed by atoms with Crippen molar-refractivity contribution in [2.75, 3.05) is 19.6 Å². The molecule has 0 atom stereocenters. The van der Waals surface area contributed by atoms with Crippen molar-refractivity contribution in [3.05, 3.63) is 59.0 Å². The number of rotatable bonds is 5. The largest absolute Gasteiger partial charge is 0.459 e. The molecule has 2 heterocycles. The lowest BCUT2D eigenvalue weighted by Gasteiger charge is -2.33. The van der Waals surface area contributed by atoms with Crippen molar-refractivity contribution in [2.45, 2.75) is 26.3 Å². The van der Waals surface area contributed by atoms with Gasteiger partial charge in [0.2, 0.25) is 5.91 Å². The number of amides is 2. The Morgan fingerprint density at radius 2 is 1.92 bits per heavy atom. The minimum absolute atomic E-state index is 0.0573. The summed E-state index contributed by atoms with van der Waals surface area (Å²) < 4.78 is 5.18. The van der Waals surface area contributed by atoms with Gasteiger partial charge < -0.3 is 14.2 Å². The summed E-state index contributed by atoms with van der Waals surface area (Å²) in [5.41, 5.74) is 0.954. The van der Waals surface area contributed by atoms with E-state index in [-0.39, 0.29) is 17.7 Å². The maximum absolute atomic E-state index is 12.9. The second-order valence-electron chi connectivity index (χ2n) is 6.49. The second kappa shape index (κ2) is 8.41. The standard InChI is InChI=1S/C20H23ClN2O3/c1-2-22(14-16-6-3-4-7-17(16)21)19(24)15-9-11-23(12-10-15)20(25)18-8-5-13-26-18/h3-8,13,15H,2,9-12,14H2,1H3. The monoisotopic (exact) mass is 374 g/mol. The minimum atomic E-state index is -0.107. The van der Waals surface area contributed by atoms with Crippen molar-refractivity contribution in [3.8, 4) is 0 Å². The molecule has 2 aromatic rings. The number of carbonyl (C=O) groups excluding carboxylic acids is 2. The highest BCUT2D eigenvalue weighted by atomic mass is 35.5. The van der Waals surface area contributed by atoms with Crippen LogP contribution in [0.5, 0.6) is 0 Å². The fourth-order valence-electron chi connectivity index (χ4n) is 3.32. The molecule has 3 rings (SSSR count). The summed E-state index contributed by atoms with van der Waals surface area (Å²) in [6.45, 7) is 4.26. The van der Waals surface area contributed by atoms with Gasteiger partial charge in [-0.3, -0.25) is 9.59 Å². The van der Waals surface area contributed by atoms with Crippen LogP contribution in [0.25, 0.3) is 0 Å². The molecule has 138 valence electrons. The van der Waals surface area contributed by atoms with Crippen molar-refractivity contribution in [1.29, 1.82) is 0 Å². The van der Waals surface area contributed by atoms with Gasteiger partial charge in [0.15, 0.2) is 5.76 Å². The van der Waals surface area contributed by atoms with Crippen LogP contribution in [0.3, 0.4) is 0 Å². The first kappa shape index (κ1) is 18.5. The van der Waals surface area contributed by atoms with Crippen molar-refractivity contribution < 1.29 is 14.0 Å². The Balaban J connectivity index is 1.58. The average molecular weight is 375 g/mol. The number of piperidine rings is 1. The number of hydrogen-bond acceptors (Lipinski definition) is 3. The smallest absolute Gasteiger partial charge is 0.289 e. The quantitative estimate of drug-likeness (QED) is 0.799. The molecule has 0 radical (unpaired) electrons. The summed E-state index contributed by atoms with van der Waals surface area (Å²) in [6, 6.07) is 11.0. The maximum atomic E-state index is 12.9. The molecule has 2 amide bonds. The Morgan fingerprint density at radius 1 is 1.19 bits per heavy atom. The molecular weight excluding hydrogens is 352 g/mol. The summed E-state index contributed by atoms with van der Waals surface area (Å²) in [4.78, 5) is 28.8. The highest BCUT2D eigenvalue weighted by Gasteiger charge is 2.31. The zero-order valence-corrected chi connectivity index (χ0v) is 15.6. The molecule has 5 nitrogen and oxygen atoms in total. The molecule has 0 aliphatic carbocycles. The van der Waals surface area contributed by atoms with E-state index in [1.165, 1.54) is 6.26 Å². The lowest BCUT2D eigenvalue weighted by atomic mass is 9.94. The van der Waals surface area contributed by atoms with Crippen molar-refractivity contribution in [3.63, 3.8) is 0 Å². The molecule has 0 bridgehead atoms. The molecule has 1 aliphatic heterocycles. The lowest BCUT2D eigenvalue weighted by Crippen LogP contribution is -2.44. The van der Waals surface area contributed by atoms with Gasteiger partial charge in [0, 0.05) is 37.1 Å². The van der Waals surface area contributed by atoms with Crippen LogP contribution in [0, 0.1) is 5.92 Å². The Bertz CT molecular complexity index is 752. The first-order chi connectivity index (χ1) is 12.6. The number of likely N-dealkylation sites (tertiary alicyclic amines) is 1. The fraction of sp³-hybridized carbons (Fsp3) is 0.400. The molecule has 1 saturated heterocycles. The summed E-state index contributed by atoms with van der Waals surface area (Å²) >= 11 is 6.23. The molecule has 0 unspecified atom stereocenters. The van der Waals surface area contributed by atoms with Gasteiger partial charge in [-0.15, -0.1) is 0 Å².